The summed E-state index contributed by atoms with van der Waals surface area (Å²) >= 11 is 5.06. The summed E-state index contributed by atoms with van der Waals surface area (Å²) in [7, 11) is -1.93. The Kier molecular flexibility index (Phi) is 5.05. The monoisotopic (exact) mass is 379 g/mol. The van der Waals surface area contributed by atoms with Crippen molar-refractivity contribution in [3.63, 3.8) is 0 Å². The number of hydrogen-bond donors (Lipinski definition) is 1. The van der Waals surface area contributed by atoms with Gasteiger partial charge in [0.15, 0.2) is 0 Å². The Morgan fingerprint density at radius 3 is 2.60 bits per heavy atom. The van der Waals surface area contributed by atoms with Crippen molar-refractivity contribution >= 4 is 37.7 Å². The van der Waals surface area contributed by atoms with Gasteiger partial charge in [-0.2, -0.15) is 11.8 Å². The molecule has 2 rings (SSSR count). The van der Waals surface area contributed by atoms with Gasteiger partial charge in [-0.1, -0.05) is 6.42 Å². The first kappa shape index (κ1) is 16.1. The van der Waals surface area contributed by atoms with Crippen molar-refractivity contribution in [2.75, 3.05) is 19.9 Å². The summed E-state index contributed by atoms with van der Waals surface area (Å²) < 4.78 is 33.1. The highest BCUT2D eigenvalue weighted by atomic mass is 79.9. The number of methoxy groups -OCH3 is 1. The Hall–Kier alpha value is -0.240. The second-order valence-electron chi connectivity index (χ2n) is 4.86. The molecule has 7 heteroatoms. The average Bonchev–Trinajstić information content (AvgIpc) is 2.38. The zero-order chi connectivity index (χ0) is 14.8. The predicted molar refractivity (Wildman–Crippen MR) is 86.0 cm³/mol. The average molecular weight is 380 g/mol. The van der Waals surface area contributed by atoms with Gasteiger partial charge in [0.05, 0.1) is 16.5 Å². The molecule has 0 spiro atoms. The van der Waals surface area contributed by atoms with Crippen molar-refractivity contribution in [1.82, 2.24) is 4.72 Å². The molecule has 1 aliphatic carbocycles. The molecule has 20 heavy (non-hydrogen) atoms. The van der Waals surface area contributed by atoms with E-state index < -0.39 is 10.0 Å². The fourth-order valence-electron chi connectivity index (χ4n) is 2.15. The van der Waals surface area contributed by atoms with E-state index in [1.807, 2.05) is 6.26 Å². The number of hydrogen-bond acceptors (Lipinski definition) is 4. The van der Waals surface area contributed by atoms with Crippen LogP contribution >= 0.6 is 27.7 Å². The van der Waals surface area contributed by atoms with Crippen LogP contribution in [-0.4, -0.2) is 33.1 Å². The molecule has 1 fully saturated rings. The molecule has 1 saturated carbocycles. The molecule has 1 aliphatic rings. The minimum absolute atomic E-state index is 0.0801. The minimum atomic E-state index is -3.48. The standard InChI is InChI=1S/C13H18BrNO3S2/c1-18-12-5-4-10(8-11(12)14)20(16,17)15-9-13(19-2)6-3-7-13/h4-5,8,15H,3,6-7,9H2,1-2H3. The number of thioether (sulfide) groups is 1. The molecule has 1 aromatic rings. The van der Waals surface area contributed by atoms with E-state index in [1.54, 1.807) is 37.1 Å². The van der Waals surface area contributed by atoms with Gasteiger partial charge in [0.2, 0.25) is 10.0 Å². The van der Waals surface area contributed by atoms with Crippen molar-refractivity contribution in [3.05, 3.63) is 22.7 Å². The second-order valence-corrected chi connectivity index (χ2v) is 8.76. The van der Waals surface area contributed by atoms with Gasteiger partial charge in [0.25, 0.3) is 0 Å². The molecule has 0 saturated heterocycles. The van der Waals surface area contributed by atoms with E-state index in [4.69, 9.17) is 4.74 Å². The molecule has 112 valence electrons. The fraction of sp³-hybridized carbons (Fsp3) is 0.538. The number of sulfonamides is 1. The second kappa shape index (κ2) is 6.25. The van der Waals surface area contributed by atoms with E-state index >= 15 is 0 Å². The van der Waals surface area contributed by atoms with Crippen LogP contribution in [0.4, 0.5) is 0 Å². The predicted octanol–water partition coefficient (Wildman–Crippen LogP) is 3.02. The molecular formula is C13H18BrNO3S2. The first-order chi connectivity index (χ1) is 9.42. The van der Waals surface area contributed by atoms with Gasteiger partial charge >= 0.3 is 0 Å². The van der Waals surface area contributed by atoms with E-state index in [-0.39, 0.29) is 9.64 Å². The summed E-state index contributed by atoms with van der Waals surface area (Å²) in [6, 6.07) is 4.76. The van der Waals surface area contributed by atoms with Gasteiger partial charge in [-0.3, -0.25) is 0 Å². The smallest absolute Gasteiger partial charge is 0.240 e. The van der Waals surface area contributed by atoms with Crippen molar-refractivity contribution in [2.24, 2.45) is 0 Å². The molecule has 0 heterocycles. The molecule has 0 aromatic heterocycles. The van der Waals surface area contributed by atoms with E-state index in [0.717, 1.165) is 12.8 Å². The van der Waals surface area contributed by atoms with Crippen LogP contribution in [0.2, 0.25) is 0 Å². The molecule has 0 atom stereocenters. The largest absolute Gasteiger partial charge is 0.496 e. The SMILES string of the molecule is COc1ccc(S(=O)(=O)NCC2(SC)CCC2)cc1Br. The van der Waals surface area contributed by atoms with E-state index in [9.17, 15) is 8.42 Å². The van der Waals surface area contributed by atoms with Crippen LogP contribution in [0.1, 0.15) is 19.3 Å². The maximum absolute atomic E-state index is 12.3. The molecular weight excluding hydrogens is 362 g/mol. The lowest BCUT2D eigenvalue weighted by Crippen LogP contribution is -2.45. The van der Waals surface area contributed by atoms with Gasteiger partial charge in [-0.05, 0) is 53.2 Å². The van der Waals surface area contributed by atoms with Gasteiger partial charge in [0.1, 0.15) is 5.75 Å². The third-order valence-corrected chi connectivity index (χ3v) is 7.15. The summed E-state index contributed by atoms with van der Waals surface area (Å²) in [5.74, 6) is 0.614. The number of rotatable bonds is 6. The molecule has 1 N–H and O–H groups in total. The van der Waals surface area contributed by atoms with Gasteiger partial charge in [0, 0.05) is 11.3 Å². The maximum Gasteiger partial charge on any atom is 0.240 e. The van der Waals surface area contributed by atoms with Crippen LogP contribution < -0.4 is 9.46 Å². The number of ether oxygens (including phenoxy) is 1. The molecule has 4 nitrogen and oxygen atoms in total. The molecule has 0 aliphatic heterocycles. The molecule has 0 unspecified atom stereocenters. The van der Waals surface area contributed by atoms with Crippen LogP contribution in [0.5, 0.6) is 5.75 Å². The van der Waals surface area contributed by atoms with E-state index in [1.165, 1.54) is 6.42 Å². The van der Waals surface area contributed by atoms with Crippen molar-refractivity contribution < 1.29 is 13.2 Å². The van der Waals surface area contributed by atoms with Crippen molar-refractivity contribution in [1.29, 1.82) is 0 Å². The van der Waals surface area contributed by atoms with Crippen LogP contribution in [0.25, 0.3) is 0 Å². The first-order valence-electron chi connectivity index (χ1n) is 6.31. The zero-order valence-corrected chi connectivity index (χ0v) is 14.7. The van der Waals surface area contributed by atoms with Crippen LogP contribution in [0, 0.1) is 0 Å². The van der Waals surface area contributed by atoms with Gasteiger partial charge < -0.3 is 4.74 Å². The van der Waals surface area contributed by atoms with Crippen LogP contribution in [0.15, 0.2) is 27.6 Å². The highest BCUT2D eigenvalue weighted by Crippen LogP contribution is 2.42. The summed E-state index contributed by atoms with van der Waals surface area (Å²) in [6.07, 6.45) is 5.36. The van der Waals surface area contributed by atoms with E-state index in [2.05, 4.69) is 20.7 Å². The Balaban J connectivity index is 2.12. The summed E-state index contributed by atoms with van der Waals surface area (Å²) in [5, 5.41) is 0. The highest BCUT2D eigenvalue weighted by molar-refractivity contribution is 9.10. The normalized spacial score (nSPS) is 17.6. The molecule has 0 amide bonds. The van der Waals surface area contributed by atoms with E-state index in [0.29, 0.717) is 16.8 Å². The first-order valence-corrected chi connectivity index (χ1v) is 9.81. The number of halogens is 1. The summed E-state index contributed by atoms with van der Waals surface area (Å²) in [4.78, 5) is 0.251. The third kappa shape index (κ3) is 3.32. The number of benzene rings is 1. The fourth-order valence-corrected chi connectivity index (χ4v) is 5.00. The van der Waals surface area contributed by atoms with Crippen molar-refractivity contribution in [3.8, 4) is 5.75 Å². The van der Waals surface area contributed by atoms with Crippen LogP contribution in [-0.2, 0) is 10.0 Å². The van der Waals surface area contributed by atoms with Crippen molar-refractivity contribution in [2.45, 2.75) is 28.9 Å². The lowest BCUT2D eigenvalue weighted by molar-refractivity contribution is 0.362. The minimum Gasteiger partial charge on any atom is -0.496 e. The maximum atomic E-state index is 12.3. The molecule has 0 bridgehead atoms. The molecule has 1 aromatic carbocycles. The zero-order valence-electron chi connectivity index (χ0n) is 11.5. The van der Waals surface area contributed by atoms with Gasteiger partial charge in [-0.25, -0.2) is 13.1 Å². The topological polar surface area (TPSA) is 55.4 Å². The van der Waals surface area contributed by atoms with Crippen LogP contribution in [0.3, 0.4) is 0 Å². The lowest BCUT2D eigenvalue weighted by Gasteiger charge is -2.40. The Morgan fingerprint density at radius 2 is 2.15 bits per heavy atom. The quantitative estimate of drug-likeness (QED) is 0.824. The highest BCUT2D eigenvalue weighted by Gasteiger charge is 2.37. The Labute approximate surface area is 132 Å². The Bertz CT molecular complexity index is 580. The lowest BCUT2D eigenvalue weighted by atomic mass is 9.84. The summed E-state index contributed by atoms with van der Waals surface area (Å²) in [5.41, 5.74) is 0. The summed E-state index contributed by atoms with van der Waals surface area (Å²) in [6.45, 7) is 0.486. The van der Waals surface area contributed by atoms with Gasteiger partial charge in [-0.15, -0.1) is 0 Å². The molecule has 0 radical (unpaired) electrons. The third-order valence-electron chi connectivity index (χ3n) is 3.72. The Morgan fingerprint density at radius 1 is 1.45 bits per heavy atom. The number of nitrogens with one attached hydrogen (secondary N) is 1.